The number of rotatable bonds is 24. The van der Waals surface area contributed by atoms with Crippen LogP contribution >= 0.6 is 7.44 Å². The van der Waals surface area contributed by atoms with Crippen LogP contribution in [0.4, 0.5) is 11.8 Å². The van der Waals surface area contributed by atoms with Crippen LogP contribution in [0.5, 0.6) is 0 Å². The van der Waals surface area contributed by atoms with Gasteiger partial charge in [-0.3, -0.25) is 14.2 Å². The number of hydrogen-bond acceptors (Lipinski definition) is 11. The van der Waals surface area contributed by atoms with E-state index in [2.05, 4.69) is 50.9 Å². The Kier molecular flexibility index (Phi) is 19.2. The number of carbonyl (C=O) groups is 2. The predicted molar refractivity (Wildman–Crippen MR) is 179 cm³/mol. The van der Waals surface area contributed by atoms with E-state index in [9.17, 15) is 14.2 Å². The first kappa shape index (κ1) is 40.0. The molecule has 2 aromatic heterocycles. The summed E-state index contributed by atoms with van der Waals surface area (Å²) < 4.78 is 32.3. The summed E-state index contributed by atoms with van der Waals surface area (Å²) in [4.78, 5) is 38.1. The number of nitrogens with one attached hydrogen (secondary N) is 3. The molecule has 0 spiro atoms. The molecule has 0 fully saturated rings. The number of carbonyl (C=O) groups excluding carboxylic acids is 2. The van der Waals surface area contributed by atoms with Gasteiger partial charge in [0.1, 0.15) is 18.4 Å². The van der Waals surface area contributed by atoms with Crippen LogP contribution in [0.15, 0.2) is 19.0 Å². The van der Waals surface area contributed by atoms with E-state index in [4.69, 9.17) is 19.9 Å². The Morgan fingerprint density at radius 1 is 0.978 bits per heavy atom. The molecule has 15 heteroatoms. The zero-order chi connectivity index (χ0) is 32.4. The Bertz CT molecular complexity index is 1190. The van der Waals surface area contributed by atoms with E-state index < -0.39 is 31.5 Å². The third kappa shape index (κ3) is 14.3. The molecule has 2 aromatic rings. The van der Waals surface area contributed by atoms with Crippen molar-refractivity contribution in [3.05, 3.63) is 19.0 Å². The molecule has 0 aliphatic carbocycles. The average Bonchev–Trinajstić information content (AvgIpc) is 3.40. The van der Waals surface area contributed by atoms with Crippen molar-refractivity contribution in [1.82, 2.24) is 29.7 Å². The highest BCUT2D eigenvalue weighted by Gasteiger charge is 2.32. The average molecular weight is 655 g/mol. The molecule has 45 heavy (non-hydrogen) atoms. The Morgan fingerprint density at radius 2 is 1.56 bits per heavy atom. The second-order valence-corrected chi connectivity index (χ2v) is 12.9. The maximum absolute atomic E-state index is 14.0. The fourth-order valence-corrected chi connectivity index (χ4v) is 6.34. The molecule has 2 atom stereocenters. The number of ether oxygens (including phenoxy) is 3. The van der Waals surface area contributed by atoms with Crippen molar-refractivity contribution in [3.8, 4) is 0 Å². The van der Waals surface area contributed by atoms with E-state index in [-0.39, 0.29) is 39.5 Å². The van der Waals surface area contributed by atoms with Crippen LogP contribution in [0.1, 0.15) is 86.5 Å². The highest BCUT2D eigenvalue weighted by Crippen LogP contribution is 2.37. The van der Waals surface area contributed by atoms with Crippen LogP contribution in [0.3, 0.4) is 0 Å². The molecule has 0 radical (unpaired) electrons. The van der Waals surface area contributed by atoms with Crippen molar-refractivity contribution in [2.75, 3.05) is 43.8 Å². The highest BCUT2D eigenvalue weighted by atomic mass is 31.2. The van der Waals surface area contributed by atoms with E-state index in [1.807, 2.05) is 0 Å². The second-order valence-electron chi connectivity index (χ2n) is 10.6. The van der Waals surface area contributed by atoms with E-state index in [1.165, 1.54) is 0 Å². The van der Waals surface area contributed by atoms with Crippen LogP contribution in [0.2, 0.25) is 0 Å². The van der Waals surface area contributed by atoms with Gasteiger partial charge in [-0.1, -0.05) is 65.9 Å². The van der Waals surface area contributed by atoms with Gasteiger partial charge in [0.25, 0.3) is 0 Å². The summed E-state index contributed by atoms with van der Waals surface area (Å²) in [5.41, 5.74) is 6.94. The zero-order valence-corrected chi connectivity index (χ0v) is 27.6. The van der Waals surface area contributed by atoms with Crippen LogP contribution in [0, 0.1) is 0 Å². The SMILES string of the molecule is C.C=CCNc1nc(N)nc2c1ncn2CCOCP(=O)(NC(C)C(=O)OCCCCCC)NC(C)C(=O)OCCCCCC. The summed E-state index contributed by atoms with van der Waals surface area (Å²) in [5, 5.41) is 8.77. The smallest absolute Gasteiger partial charge is 0.323 e. The molecule has 2 rings (SSSR count). The number of nitrogen functional groups attached to an aromatic ring is 1. The third-order valence-corrected chi connectivity index (χ3v) is 8.80. The maximum atomic E-state index is 14.0. The van der Waals surface area contributed by atoms with Crippen LogP contribution in [-0.4, -0.2) is 76.3 Å². The molecule has 2 heterocycles. The molecule has 0 aromatic carbocycles. The van der Waals surface area contributed by atoms with Crippen molar-refractivity contribution in [2.24, 2.45) is 0 Å². The number of imidazole rings is 1. The second kappa shape index (κ2) is 21.6. The number of esters is 2. The van der Waals surface area contributed by atoms with Gasteiger partial charge in [-0.15, -0.1) is 6.58 Å². The summed E-state index contributed by atoms with van der Waals surface area (Å²) in [5.74, 6) is -0.486. The van der Waals surface area contributed by atoms with Crippen molar-refractivity contribution in [2.45, 2.75) is 105 Å². The number of nitrogens with zero attached hydrogens (tertiary/aromatic N) is 4. The monoisotopic (exact) mass is 654 g/mol. The van der Waals surface area contributed by atoms with E-state index in [0.29, 0.717) is 30.1 Å². The topological polar surface area (TPSA) is 185 Å². The van der Waals surface area contributed by atoms with Crippen LogP contribution in [-0.2, 0) is 34.9 Å². The summed E-state index contributed by atoms with van der Waals surface area (Å²) in [6.45, 7) is 12.5. The van der Waals surface area contributed by atoms with Gasteiger partial charge in [0.2, 0.25) is 13.4 Å². The van der Waals surface area contributed by atoms with Crippen molar-refractivity contribution in [1.29, 1.82) is 0 Å². The van der Waals surface area contributed by atoms with Crippen molar-refractivity contribution < 1.29 is 28.4 Å². The fourth-order valence-electron chi connectivity index (χ4n) is 4.27. The standard InChI is InChI=1S/C29H51N8O6P.CH4/c1-6-9-11-13-17-42-27(38)22(4)35-44(40,36-23(5)28(39)43-18-14-12-10-7-2)21-41-19-16-37-20-32-24-25(31-15-8-3)33-29(30)34-26(24)37;/h8,20,22-23H,3,6-7,9-19,21H2,1-2,4-5H3,(H2,35,36,40)(H3,30,31,33,34);1H4. The molecule has 0 bridgehead atoms. The molecule has 14 nitrogen and oxygen atoms in total. The van der Waals surface area contributed by atoms with Gasteiger partial charge in [0.15, 0.2) is 17.0 Å². The molecule has 5 N–H and O–H groups in total. The van der Waals surface area contributed by atoms with Crippen molar-refractivity contribution in [3.63, 3.8) is 0 Å². The molecule has 0 amide bonds. The largest absolute Gasteiger partial charge is 0.465 e. The summed E-state index contributed by atoms with van der Waals surface area (Å²) in [6.07, 6.45) is 10.7. The molecule has 0 saturated carbocycles. The lowest BCUT2D eigenvalue weighted by Crippen LogP contribution is -2.43. The van der Waals surface area contributed by atoms with E-state index in [0.717, 1.165) is 51.4 Å². The number of fused-ring (bicyclic) bond motifs is 1. The van der Waals surface area contributed by atoms with Gasteiger partial charge in [-0.2, -0.15) is 9.97 Å². The summed E-state index contributed by atoms with van der Waals surface area (Å²) in [6, 6.07) is -1.81. The number of hydrogen-bond donors (Lipinski definition) is 4. The molecular weight excluding hydrogens is 599 g/mol. The minimum absolute atomic E-state index is 0. The first-order valence-corrected chi connectivity index (χ1v) is 17.4. The lowest BCUT2D eigenvalue weighted by atomic mass is 10.2. The minimum atomic E-state index is -3.64. The molecule has 0 aliphatic rings. The first-order valence-electron chi connectivity index (χ1n) is 15.5. The van der Waals surface area contributed by atoms with E-state index in [1.54, 1.807) is 30.8 Å². The molecule has 256 valence electrons. The molecule has 2 unspecified atom stereocenters. The quantitative estimate of drug-likeness (QED) is 0.0513. The summed E-state index contributed by atoms with van der Waals surface area (Å²) in [7, 11) is -3.64. The van der Waals surface area contributed by atoms with Gasteiger partial charge in [-0.05, 0) is 26.7 Å². The lowest BCUT2D eigenvalue weighted by Gasteiger charge is -2.26. The van der Waals surface area contributed by atoms with Crippen molar-refractivity contribution >= 4 is 42.3 Å². The zero-order valence-electron chi connectivity index (χ0n) is 26.7. The van der Waals surface area contributed by atoms with Gasteiger partial charge in [-0.25, -0.2) is 15.2 Å². The fraction of sp³-hybridized carbons (Fsp3) is 0.700. The van der Waals surface area contributed by atoms with Crippen LogP contribution in [0.25, 0.3) is 11.2 Å². The van der Waals surface area contributed by atoms with E-state index >= 15 is 0 Å². The number of aromatic nitrogens is 4. The number of anilines is 2. The van der Waals surface area contributed by atoms with Gasteiger partial charge in [0, 0.05) is 13.1 Å². The molecular formula is C30H55N8O6P. The van der Waals surface area contributed by atoms with Crippen LogP contribution < -0.4 is 21.2 Å². The first-order chi connectivity index (χ1) is 21.1. The summed E-state index contributed by atoms with van der Waals surface area (Å²) >= 11 is 0. The Balaban J connectivity index is 0.0000101. The highest BCUT2D eigenvalue weighted by molar-refractivity contribution is 7.59. The molecule has 0 aliphatic heterocycles. The van der Waals surface area contributed by atoms with Gasteiger partial charge < -0.3 is 29.8 Å². The molecule has 0 saturated heterocycles. The Labute approximate surface area is 268 Å². The number of nitrogens with two attached hydrogens (primary N) is 1. The lowest BCUT2D eigenvalue weighted by molar-refractivity contribution is -0.145. The minimum Gasteiger partial charge on any atom is -0.465 e. The number of unbranched alkanes of at least 4 members (excludes halogenated alkanes) is 6. The maximum Gasteiger partial charge on any atom is 0.323 e. The normalized spacial score (nSPS) is 13.8. The van der Waals surface area contributed by atoms with Gasteiger partial charge in [0.05, 0.1) is 26.1 Å². The predicted octanol–water partition coefficient (Wildman–Crippen LogP) is 5.01. The van der Waals surface area contributed by atoms with Gasteiger partial charge >= 0.3 is 11.9 Å². The Morgan fingerprint density at radius 3 is 2.09 bits per heavy atom. The third-order valence-electron chi connectivity index (χ3n) is 6.64. The Hall–Kier alpha value is -3.06.